The third-order valence-corrected chi connectivity index (χ3v) is 6.45. The molecule has 0 radical (unpaired) electrons. The van der Waals surface area contributed by atoms with Crippen LogP contribution in [0.15, 0.2) is 41.2 Å². The second kappa shape index (κ2) is 9.74. The van der Waals surface area contributed by atoms with Gasteiger partial charge in [0.1, 0.15) is 17.7 Å². The fraction of sp³-hybridized carbons (Fsp3) is 0.346. The Morgan fingerprint density at radius 3 is 2.47 bits per heavy atom. The Bertz CT molecular complexity index is 1330. The van der Waals surface area contributed by atoms with Gasteiger partial charge in [-0.15, -0.1) is 0 Å². The van der Waals surface area contributed by atoms with E-state index in [1.54, 1.807) is 25.2 Å². The molecule has 6 nitrogen and oxygen atoms in total. The molecule has 2 aromatic carbocycles. The molecule has 0 bridgehead atoms. The smallest absolute Gasteiger partial charge is 0.261 e. The minimum Gasteiger partial charge on any atom is -0.494 e. The van der Waals surface area contributed by atoms with E-state index >= 15 is 0 Å². The molecular weight excluding hydrogens is 438 g/mol. The maximum atomic E-state index is 14.6. The first kappa shape index (κ1) is 23.6. The lowest BCUT2D eigenvalue weighted by Crippen LogP contribution is -2.27. The van der Waals surface area contributed by atoms with Gasteiger partial charge in [0, 0.05) is 18.5 Å². The number of rotatable bonds is 4. The van der Waals surface area contributed by atoms with E-state index < -0.39 is 11.6 Å². The van der Waals surface area contributed by atoms with Crippen molar-refractivity contribution in [3.05, 3.63) is 69.8 Å². The highest BCUT2D eigenvalue weighted by Gasteiger charge is 2.25. The molecule has 3 aromatic rings. The van der Waals surface area contributed by atoms with Crippen LogP contribution in [0, 0.1) is 23.0 Å². The van der Waals surface area contributed by atoms with Gasteiger partial charge in [-0.3, -0.25) is 9.36 Å². The zero-order valence-corrected chi connectivity index (χ0v) is 19.4. The fourth-order valence-corrected chi connectivity index (χ4v) is 4.53. The molecule has 0 spiro atoms. The first-order chi connectivity index (χ1) is 16.3. The summed E-state index contributed by atoms with van der Waals surface area (Å²) < 4.78 is 35.6. The third-order valence-electron chi connectivity index (χ3n) is 6.45. The van der Waals surface area contributed by atoms with Crippen LogP contribution < -0.4 is 10.3 Å². The van der Waals surface area contributed by atoms with Crippen molar-refractivity contribution in [2.75, 3.05) is 27.2 Å². The Hall–Kier alpha value is -3.57. The number of ether oxygens (including phenoxy) is 1. The summed E-state index contributed by atoms with van der Waals surface area (Å²) in [5.74, 6) is -0.579. The van der Waals surface area contributed by atoms with Gasteiger partial charge in [0.15, 0.2) is 11.6 Å². The zero-order chi connectivity index (χ0) is 24.4. The molecule has 1 saturated heterocycles. The van der Waals surface area contributed by atoms with Crippen LogP contribution in [0.4, 0.5) is 8.78 Å². The lowest BCUT2D eigenvalue weighted by atomic mass is 9.96. The normalized spacial score (nSPS) is 16.6. The number of nitriles is 1. The van der Waals surface area contributed by atoms with Crippen LogP contribution in [-0.4, -0.2) is 41.7 Å². The number of benzene rings is 2. The summed E-state index contributed by atoms with van der Waals surface area (Å²) in [6.45, 7) is 1.86. The van der Waals surface area contributed by atoms with E-state index in [9.17, 15) is 13.6 Å². The van der Waals surface area contributed by atoms with Crippen molar-refractivity contribution < 1.29 is 13.5 Å². The quantitative estimate of drug-likeness (QED) is 0.570. The molecule has 1 aromatic heterocycles. The summed E-state index contributed by atoms with van der Waals surface area (Å²) in [6.07, 6.45) is 2.69. The Balaban J connectivity index is 1.96. The third kappa shape index (κ3) is 4.44. The number of hydrogen-bond acceptors (Lipinski definition) is 5. The van der Waals surface area contributed by atoms with E-state index in [0.29, 0.717) is 17.0 Å². The van der Waals surface area contributed by atoms with E-state index in [2.05, 4.69) is 11.9 Å². The number of halogens is 2. The largest absolute Gasteiger partial charge is 0.494 e. The Morgan fingerprint density at radius 2 is 1.79 bits per heavy atom. The standard InChI is InChI=1S/C26H26F2N4O2/c1-31-11-4-5-16(10-12-31)25-30-24(18-6-7-19(15-29)20(27)14-18)23(26(33)32(25)2)17-8-9-22(34-3)21(28)13-17/h6-9,13-14,16H,4-5,10-12H2,1-3H3. The van der Waals surface area contributed by atoms with Crippen molar-refractivity contribution >= 4 is 0 Å². The number of nitrogens with zero attached hydrogens (tertiary/aromatic N) is 4. The summed E-state index contributed by atoms with van der Waals surface area (Å²) in [6, 6.07) is 10.2. The van der Waals surface area contributed by atoms with E-state index in [0.717, 1.165) is 32.4 Å². The number of methoxy groups -OCH3 is 1. The highest BCUT2D eigenvalue weighted by Crippen LogP contribution is 2.34. The maximum Gasteiger partial charge on any atom is 0.261 e. The van der Waals surface area contributed by atoms with E-state index in [4.69, 9.17) is 15.0 Å². The summed E-state index contributed by atoms with van der Waals surface area (Å²) in [5, 5.41) is 9.12. The molecule has 1 atom stereocenters. The van der Waals surface area contributed by atoms with Crippen molar-refractivity contribution in [1.29, 1.82) is 5.26 Å². The number of aromatic nitrogens is 2. The Labute approximate surface area is 197 Å². The van der Waals surface area contributed by atoms with Crippen molar-refractivity contribution in [2.24, 2.45) is 7.05 Å². The number of hydrogen-bond donors (Lipinski definition) is 0. The number of likely N-dealkylation sites (tertiary alicyclic amines) is 1. The molecule has 0 aliphatic carbocycles. The van der Waals surface area contributed by atoms with E-state index in [-0.39, 0.29) is 34.0 Å². The topological polar surface area (TPSA) is 71.2 Å². The Morgan fingerprint density at radius 1 is 1.06 bits per heavy atom. The SMILES string of the molecule is COc1ccc(-c2c(-c3ccc(C#N)c(F)c3)nc(C3CCCN(C)CC3)n(C)c2=O)cc1F. The monoisotopic (exact) mass is 464 g/mol. The van der Waals surface area contributed by atoms with Crippen LogP contribution in [0.2, 0.25) is 0 Å². The van der Waals surface area contributed by atoms with Gasteiger partial charge < -0.3 is 9.64 Å². The molecule has 8 heteroatoms. The molecule has 4 rings (SSSR count). The van der Waals surface area contributed by atoms with Crippen molar-refractivity contribution in [3.8, 4) is 34.2 Å². The van der Waals surface area contributed by atoms with Crippen LogP contribution in [-0.2, 0) is 7.05 Å². The van der Waals surface area contributed by atoms with Crippen molar-refractivity contribution in [3.63, 3.8) is 0 Å². The van der Waals surface area contributed by atoms with Gasteiger partial charge in [-0.25, -0.2) is 13.8 Å². The molecule has 1 aliphatic heterocycles. The summed E-state index contributed by atoms with van der Waals surface area (Å²) >= 11 is 0. The molecule has 1 fully saturated rings. The Kier molecular flexibility index (Phi) is 6.75. The lowest BCUT2D eigenvalue weighted by Gasteiger charge is -2.21. The van der Waals surface area contributed by atoms with Gasteiger partial charge in [0.2, 0.25) is 0 Å². The molecule has 0 N–H and O–H groups in total. The van der Waals surface area contributed by atoms with Crippen LogP contribution in [0.5, 0.6) is 5.75 Å². The molecule has 176 valence electrons. The van der Waals surface area contributed by atoms with Gasteiger partial charge in [-0.05, 0) is 69.2 Å². The molecule has 34 heavy (non-hydrogen) atoms. The maximum absolute atomic E-state index is 14.6. The molecule has 2 heterocycles. The summed E-state index contributed by atoms with van der Waals surface area (Å²) in [5.41, 5.74) is 0.667. The molecule has 1 aliphatic rings. The molecule has 1 unspecified atom stereocenters. The highest BCUT2D eigenvalue weighted by molar-refractivity contribution is 5.80. The van der Waals surface area contributed by atoms with Crippen molar-refractivity contribution in [2.45, 2.75) is 25.2 Å². The summed E-state index contributed by atoms with van der Waals surface area (Å²) in [7, 11) is 5.11. The van der Waals surface area contributed by atoms with Crippen LogP contribution in [0.25, 0.3) is 22.4 Å². The lowest BCUT2D eigenvalue weighted by molar-refractivity contribution is 0.346. The highest BCUT2D eigenvalue weighted by atomic mass is 19.1. The van der Waals surface area contributed by atoms with E-state index in [1.165, 1.54) is 35.9 Å². The molecule has 0 saturated carbocycles. The van der Waals surface area contributed by atoms with Gasteiger partial charge in [0.25, 0.3) is 5.56 Å². The average molecular weight is 465 g/mol. The molecule has 0 amide bonds. The second-order valence-corrected chi connectivity index (χ2v) is 8.64. The predicted molar refractivity (Wildman–Crippen MR) is 126 cm³/mol. The van der Waals surface area contributed by atoms with Crippen LogP contribution in [0.3, 0.4) is 0 Å². The van der Waals surface area contributed by atoms with Crippen LogP contribution >= 0.6 is 0 Å². The minimum absolute atomic E-state index is 0.0543. The first-order valence-corrected chi connectivity index (χ1v) is 11.2. The molecular formula is C26H26F2N4O2. The average Bonchev–Trinajstić information content (AvgIpc) is 3.04. The van der Waals surface area contributed by atoms with Gasteiger partial charge in [0.05, 0.1) is 23.9 Å². The first-order valence-electron chi connectivity index (χ1n) is 11.2. The van der Waals surface area contributed by atoms with Crippen molar-refractivity contribution in [1.82, 2.24) is 14.5 Å². The van der Waals surface area contributed by atoms with E-state index in [1.807, 2.05) is 0 Å². The van der Waals surface area contributed by atoms with Gasteiger partial charge in [-0.2, -0.15) is 5.26 Å². The van der Waals surface area contributed by atoms with Gasteiger partial charge >= 0.3 is 0 Å². The zero-order valence-electron chi connectivity index (χ0n) is 19.4. The predicted octanol–water partition coefficient (Wildman–Crippen LogP) is 4.47. The second-order valence-electron chi connectivity index (χ2n) is 8.64. The fourth-order valence-electron chi connectivity index (χ4n) is 4.53. The summed E-state index contributed by atoms with van der Waals surface area (Å²) in [4.78, 5) is 20.8. The minimum atomic E-state index is -0.702. The van der Waals surface area contributed by atoms with Crippen LogP contribution in [0.1, 0.15) is 36.6 Å². The van der Waals surface area contributed by atoms with Gasteiger partial charge in [-0.1, -0.05) is 12.1 Å².